The first kappa shape index (κ1) is 26.3. The maximum atomic E-state index is 13.3. The van der Waals surface area contributed by atoms with E-state index in [9.17, 15) is 24.3 Å². The number of hydrazone groups is 1. The third kappa shape index (κ3) is 5.18. The normalized spacial score (nSPS) is 18.6. The van der Waals surface area contributed by atoms with Crippen LogP contribution in [0.4, 0.5) is 4.79 Å². The molecule has 10 nitrogen and oxygen atoms in total. The molecule has 11 heteroatoms. The Morgan fingerprint density at radius 3 is 2.32 bits per heavy atom. The number of urea groups is 1. The highest BCUT2D eigenvalue weighted by atomic mass is 35.5. The summed E-state index contributed by atoms with van der Waals surface area (Å²) in [6.45, 7) is 1.08. The van der Waals surface area contributed by atoms with Crippen molar-refractivity contribution in [1.29, 1.82) is 0 Å². The average Bonchev–Trinajstić information content (AvgIpc) is 2.96. The van der Waals surface area contributed by atoms with Crippen molar-refractivity contribution in [1.82, 2.24) is 15.1 Å². The van der Waals surface area contributed by atoms with Crippen LogP contribution in [0.5, 0.6) is 0 Å². The third-order valence-corrected chi connectivity index (χ3v) is 5.76. The Morgan fingerprint density at radius 1 is 1.15 bits per heavy atom. The van der Waals surface area contributed by atoms with Crippen molar-refractivity contribution in [3.63, 3.8) is 0 Å². The minimum absolute atomic E-state index is 0. The number of carboxylic acid groups (broad SMARTS) is 1. The Morgan fingerprint density at radius 2 is 1.76 bits per heavy atom. The van der Waals surface area contributed by atoms with Crippen LogP contribution in [0.2, 0.25) is 0 Å². The monoisotopic (exact) mass is 487 g/mol. The summed E-state index contributed by atoms with van der Waals surface area (Å²) in [6, 6.07) is 14.0. The van der Waals surface area contributed by atoms with Crippen LogP contribution in [0.15, 0.2) is 59.7 Å². The molecule has 1 fully saturated rings. The Kier molecular flexibility index (Phi) is 8.36. The van der Waals surface area contributed by atoms with Gasteiger partial charge in [-0.25, -0.2) is 4.79 Å². The molecule has 0 bridgehead atoms. The van der Waals surface area contributed by atoms with Crippen LogP contribution in [0.3, 0.4) is 0 Å². The van der Waals surface area contributed by atoms with Crippen molar-refractivity contribution in [3.8, 4) is 0 Å². The molecule has 1 heterocycles. The van der Waals surface area contributed by atoms with Crippen LogP contribution in [0.1, 0.15) is 36.1 Å². The van der Waals surface area contributed by atoms with Crippen molar-refractivity contribution < 1.29 is 24.3 Å². The van der Waals surface area contributed by atoms with Gasteiger partial charge in [-0.05, 0) is 23.6 Å². The molecular formula is C23H26ClN5O5. The van der Waals surface area contributed by atoms with Crippen LogP contribution >= 0.6 is 12.4 Å². The van der Waals surface area contributed by atoms with Gasteiger partial charge in [-0.2, -0.15) is 5.10 Å². The molecule has 3 rings (SSSR count). The second-order valence-electron chi connectivity index (χ2n) is 7.83. The highest BCUT2D eigenvalue weighted by Crippen LogP contribution is 2.36. The largest absolute Gasteiger partial charge is 0.481 e. The number of amides is 4. The highest BCUT2D eigenvalue weighted by molar-refractivity contribution is 6.09. The molecule has 2 aromatic rings. The Labute approximate surface area is 202 Å². The molecule has 0 radical (unpaired) electrons. The summed E-state index contributed by atoms with van der Waals surface area (Å²) in [4.78, 5) is 52.3. The Balaban J connectivity index is 0.00000408. The zero-order chi connectivity index (χ0) is 24.2. The van der Waals surface area contributed by atoms with Gasteiger partial charge in [0, 0.05) is 7.05 Å². The first-order valence-electron chi connectivity index (χ1n) is 10.2. The van der Waals surface area contributed by atoms with Gasteiger partial charge >= 0.3 is 12.0 Å². The Hall–Kier alpha value is -3.92. The number of nitrogens with zero attached hydrogens (tertiary/aromatic N) is 3. The molecule has 34 heavy (non-hydrogen) atoms. The number of nitrogens with one attached hydrogen (secondary N) is 1. The van der Waals surface area contributed by atoms with Crippen LogP contribution in [0, 0.1) is 0 Å². The van der Waals surface area contributed by atoms with Crippen LogP contribution < -0.4 is 11.2 Å². The summed E-state index contributed by atoms with van der Waals surface area (Å²) >= 11 is 0. The second-order valence-corrected chi connectivity index (χ2v) is 7.83. The molecule has 1 aliphatic rings. The second kappa shape index (κ2) is 10.8. The van der Waals surface area contributed by atoms with Crippen molar-refractivity contribution in [2.24, 2.45) is 10.9 Å². The number of aliphatic carboxylic acids is 1. The lowest BCUT2D eigenvalue weighted by molar-refractivity contribution is -0.139. The van der Waals surface area contributed by atoms with E-state index in [2.05, 4.69) is 10.4 Å². The average molecular weight is 488 g/mol. The van der Waals surface area contributed by atoms with Crippen molar-refractivity contribution in [2.75, 3.05) is 13.6 Å². The molecule has 0 aromatic heterocycles. The molecule has 1 saturated heterocycles. The van der Waals surface area contributed by atoms with Gasteiger partial charge in [-0.3, -0.25) is 19.3 Å². The molecule has 4 amide bonds. The van der Waals surface area contributed by atoms with E-state index in [-0.39, 0.29) is 18.8 Å². The molecule has 180 valence electrons. The minimum Gasteiger partial charge on any atom is -0.481 e. The van der Waals surface area contributed by atoms with E-state index in [1.807, 2.05) is 0 Å². The number of likely N-dealkylation sites (N-methyl/N-ethyl adjacent to an activating group) is 1. The number of nitrogens with two attached hydrogens (primary N) is 1. The smallest absolute Gasteiger partial charge is 0.328 e. The quantitative estimate of drug-likeness (QED) is 0.224. The summed E-state index contributed by atoms with van der Waals surface area (Å²) < 4.78 is 0. The van der Waals surface area contributed by atoms with Gasteiger partial charge < -0.3 is 21.2 Å². The number of carbonyl (C=O) groups is 4. The fraction of sp³-hybridized carbons (Fsp3) is 0.261. The number of hydrogen-bond acceptors (Lipinski definition) is 6. The number of rotatable bonds is 8. The topological polar surface area (TPSA) is 145 Å². The Bertz CT molecular complexity index is 1090. The third-order valence-electron chi connectivity index (χ3n) is 5.76. The molecule has 4 N–H and O–H groups in total. The summed E-state index contributed by atoms with van der Waals surface area (Å²) in [7, 11) is 1.49. The van der Waals surface area contributed by atoms with Crippen LogP contribution in [-0.2, 0) is 19.9 Å². The van der Waals surface area contributed by atoms with Gasteiger partial charge in [0.25, 0.3) is 5.91 Å². The summed E-state index contributed by atoms with van der Waals surface area (Å²) in [5.74, 6) is 2.87. The van der Waals surface area contributed by atoms with E-state index in [1.165, 1.54) is 18.2 Å². The molecule has 2 unspecified atom stereocenters. The van der Waals surface area contributed by atoms with E-state index in [4.69, 9.17) is 5.84 Å². The van der Waals surface area contributed by atoms with Crippen molar-refractivity contribution in [3.05, 3.63) is 71.3 Å². The van der Waals surface area contributed by atoms with Gasteiger partial charge in [0.15, 0.2) is 0 Å². The maximum Gasteiger partial charge on any atom is 0.328 e. The van der Waals surface area contributed by atoms with Crippen molar-refractivity contribution >= 4 is 42.4 Å². The first-order chi connectivity index (χ1) is 15.7. The van der Waals surface area contributed by atoms with Crippen molar-refractivity contribution in [2.45, 2.75) is 24.9 Å². The van der Waals surface area contributed by atoms with Gasteiger partial charge in [0.2, 0.25) is 5.91 Å². The zero-order valence-corrected chi connectivity index (χ0v) is 19.5. The number of imide groups is 1. The van der Waals surface area contributed by atoms with E-state index in [0.717, 1.165) is 10.5 Å². The molecule has 2 aromatic carbocycles. The lowest BCUT2D eigenvalue weighted by Gasteiger charge is -2.29. The number of benzene rings is 2. The van der Waals surface area contributed by atoms with Gasteiger partial charge in [0.05, 0.1) is 18.7 Å². The van der Waals surface area contributed by atoms with E-state index < -0.39 is 41.9 Å². The molecule has 2 atom stereocenters. The van der Waals surface area contributed by atoms with E-state index in [1.54, 1.807) is 61.5 Å². The molecule has 0 aliphatic carbocycles. The number of carbonyl (C=O) groups excluding carboxylic acids is 3. The number of halogens is 1. The lowest BCUT2D eigenvalue weighted by Crippen LogP contribution is -2.44. The van der Waals surface area contributed by atoms with E-state index in [0.29, 0.717) is 11.1 Å². The summed E-state index contributed by atoms with van der Waals surface area (Å²) in [5, 5.41) is 15.3. The standard InChI is InChI=1S/C23H25N5O5.ClH/c1-23(17-10-8-15(9-11-17)13-25-24)21(32)28(22(33)27(23)2)14-19(29)26-18(12-20(30)31)16-6-4-3-5-7-16;/h3-11,13,18H,12,14,24H2,1-2H3,(H,26,29)(H,30,31);1H. The fourth-order valence-corrected chi connectivity index (χ4v) is 3.80. The minimum atomic E-state index is -1.31. The first-order valence-corrected chi connectivity index (χ1v) is 10.2. The van der Waals surface area contributed by atoms with Gasteiger partial charge in [0.1, 0.15) is 12.1 Å². The van der Waals surface area contributed by atoms with Gasteiger partial charge in [-0.1, -0.05) is 54.6 Å². The fourth-order valence-electron chi connectivity index (χ4n) is 3.80. The van der Waals surface area contributed by atoms with Crippen LogP contribution in [-0.4, -0.2) is 58.5 Å². The zero-order valence-electron chi connectivity index (χ0n) is 18.7. The SMILES string of the molecule is CN1C(=O)N(CC(=O)NC(CC(=O)O)c2ccccc2)C(=O)C1(C)c1ccc(C=NN)cc1.Cl. The highest BCUT2D eigenvalue weighted by Gasteiger charge is 2.54. The predicted octanol–water partition coefficient (Wildman–Crippen LogP) is 1.84. The summed E-state index contributed by atoms with van der Waals surface area (Å²) in [5.41, 5.74) is 0.588. The number of hydrogen-bond donors (Lipinski definition) is 3. The molecule has 0 saturated carbocycles. The summed E-state index contributed by atoms with van der Waals surface area (Å²) in [6.07, 6.45) is 1.11. The predicted molar refractivity (Wildman–Crippen MR) is 127 cm³/mol. The van der Waals surface area contributed by atoms with Crippen LogP contribution in [0.25, 0.3) is 0 Å². The lowest BCUT2D eigenvalue weighted by atomic mass is 9.90. The van der Waals surface area contributed by atoms with E-state index >= 15 is 0 Å². The molecular weight excluding hydrogens is 462 g/mol. The maximum absolute atomic E-state index is 13.3. The van der Waals surface area contributed by atoms with Gasteiger partial charge in [-0.15, -0.1) is 12.4 Å². The molecule has 1 aliphatic heterocycles. The number of carboxylic acids is 1. The molecule has 0 spiro atoms.